The third kappa shape index (κ3) is 8.23. The van der Waals surface area contributed by atoms with Gasteiger partial charge in [0.1, 0.15) is 23.1 Å². The maximum atomic E-state index is 13.4. The van der Waals surface area contributed by atoms with E-state index < -0.39 is 5.41 Å². The van der Waals surface area contributed by atoms with Crippen LogP contribution in [0.5, 0.6) is 11.5 Å². The molecule has 0 radical (unpaired) electrons. The predicted octanol–water partition coefficient (Wildman–Crippen LogP) is 9.02. The Morgan fingerprint density at radius 2 is 0.707 bits per heavy atom. The zero-order valence-electron chi connectivity index (χ0n) is 28.3. The third-order valence-corrected chi connectivity index (χ3v) is 8.25. The van der Waals surface area contributed by atoms with E-state index in [0.29, 0.717) is 24.3 Å². The SMILES string of the molecule is CC(C)(C(=O)CCc1cc(C(C)(C)C)c(O)c(C(C)(C)C)c1)C(=O)CCc1cc(C(C)(C)C)c(O)c(C(C)(C)C)c1. The van der Waals surface area contributed by atoms with Gasteiger partial charge >= 0.3 is 0 Å². The molecule has 0 fully saturated rings. The lowest BCUT2D eigenvalue weighted by Gasteiger charge is -2.29. The monoisotopic (exact) mass is 564 g/mol. The van der Waals surface area contributed by atoms with Crippen molar-refractivity contribution in [3.63, 3.8) is 0 Å². The fraction of sp³-hybridized carbons (Fsp3) is 0.622. The molecule has 0 aliphatic rings. The van der Waals surface area contributed by atoms with Gasteiger partial charge in [-0.05, 0) is 81.7 Å². The summed E-state index contributed by atoms with van der Waals surface area (Å²) in [5.74, 6) is 0.520. The number of ketones is 2. The first-order chi connectivity index (χ1) is 18.3. The molecule has 0 saturated carbocycles. The highest BCUT2D eigenvalue weighted by atomic mass is 16.3. The highest BCUT2D eigenvalue weighted by Crippen LogP contribution is 2.41. The molecule has 0 heterocycles. The summed E-state index contributed by atoms with van der Waals surface area (Å²) in [4.78, 5) is 26.9. The van der Waals surface area contributed by atoms with Crippen molar-refractivity contribution in [2.45, 2.75) is 144 Å². The summed E-state index contributed by atoms with van der Waals surface area (Å²) >= 11 is 0. The molecule has 4 nitrogen and oxygen atoms in total. The number of carbonyl (C=O) groups excluding carboxylic acids is 2. The van der Waals surface area contributed by atoms with Crippen LogP contribution in [0.4, 0.5) is 0 Å². The van der Waals surface area contributed by atoms with Crippen LogP contribution in [0.25, 0.3) is 0 Å². The Kier molecular flexibility index (Phi) is 9.76. The van der Waals surface area contributed by atoms with Crippen LogP contribution in [-0.2, 0) is 44.1 Å². The summed E-state index contributed by atoms with van der Waals surface area (Å²) in [5, 5.41) is 22.1. The average Bonchev–Trinajstić information content (AvgIpc) is 2.78. The predicted molar refractivity (Wildman–Crippen MR) is 171 cm³/mol. The van der Waals surface area contributed by atoms with Gasteiger partial charge in [-0.15, -0.1) is 0 Å². The Morgan fingerprint density at radius 1 is 0.488 bits per heavy atom. The van der Waals surface area contributed by atoms with Crippen molar-refractivity contribution in [2.24, 2.45) is 5.41 Å². The van der Waals surface area contributed by atoms with Crippen LogP contribution in [0.1, 0.15) is 143 Å². The fourth-order valence-electron chi connectivity index (χ4n) is 5.26. The van der Waals surface area contributed by atoms with Crippen molar-refractivity contribution in [1.29, 1.82) is 0 Å². The Morgan fingerprint density at radius 3 is 0.902 bits per heavy atom. The largest absolute Gasteiger partial charge is 0.507 e. The maximum Gasteiger partial charge on any atom is 0.146 e. The van der Waals surface area contributed by atoms with Crippen molar-refractivity contribution in [3.8, 4) is 11.5 Å². The van der Waals surface area contributed by atoms with Gasteiger partial charge in [0.25, 0.3) is 0 Å². The minimum atomic E-state index is -1.09. The molecule has 2 rings (SSSR count). The molecule has 0 unspecified atom stereocenters. The van der Waals surface area contributed by atoms with Crippen LogP contribution in [0.15, 0.2) is 24.3 Å². The molecule has 0 atom stereocenters. The van der Waals surface area contributed by atoms with Gasteiger partial charge < -0.3 is 10.2 Å². The van der Waals surface area contributed by atoms with E-state index in [4.69, 9.17) is 0 Å². The van der Waals surface area contributed by atoms with E-state index in [1.165, 1.54) is 0 Å². The molecule has 0 spiro atoms. The van der Waals surface area contributed by atoms with Crippen molar-refractivity contribution in [2.75, 3.05) is 0 Å². The molecular formula is C37H56O4. The summed E-state index contributed by atoms with van der Waals surface area (Å²) in [7, 11) is 0. The maximum absolute atomic E-state index is 13.4. The van der Waals surface area contributed by atoms with E-state index in [-0.39, 0.29) is 46.1 Å². The minimum absolute atomic E-state index is 0.0679. The number of carbonyl (C=O) groups is 2. The number of aromatic hydroxyl groups is 2. The molecule has 228 valence electrons. The van der Waals surface area contributed by atoms with Crippen LogP contribution in [-0.4, -0.2) is 21.8 Å². The first-order valence-electron chi connectivity index (χ1n) is 15.1. The van der Waals surface area contributed by atoms with Gasteiger partial charge in [-0.1, -0.05) is 107 Å². The molecule has 0 aliphatic heterocycles. The van der Waals surface area contributed by atoms with Crippen molar-refractivity contribution >= 4 is 11.6 Å². The van der Waals surface area contributed by atoms with E-state index in [1.807, 2.05) is 24.3 Å². The number of rotatable bonds is 8. The molecule has 0 bridgehead atoms. The Labute approximate surface area is 250 Å². The number of phenols is 2. The van der Waals surface area contributed by atoms with E-state index in [2.05, 4.69) is 83.1 Å². The molecule has 4 heteroatoms. The second-order valence-corrected chi connectivity index (χ2v) is 16.6. The van der Waals surface area contributed by atoms with Gasteiger partial charge in [0.15, 0.2) is 0 Å². The number of benzene rings is 2. The van der Waals surface area contributed by atoms with E-state index >= 15 is 0 Å². The number of Topliss-reactive ketones (excluding diaryl/α,β-unsaturated/α-hetero) is 2. The molecule has 0 saturated heterocycles. The molecule has 0 aliphatic carbocycles. The van der Waals surface area contributed by atoms with Crippen LogP contribution < -0.4 is 0 Å². The van der Waals surface area contributed by atoms with Gasteiger partial charge in [-0.2, -0.15) is 0 Å². The van der Waals surface area contributed by atoms with Crippen LogP contribution >= 0.6 is 0 Å². The van der Waals surface area contributed by atoms with E-state index in [9.17, 15) is 19.8 Å². The lowest BCUT2D eigenvalue weighted by atomic mass is 9.76. The standard InChI is InChI=1S/C37H56O4/c1-33(2,3)25-19-23(20-26(31(25)40)34(4,5)6)15-17-29(38)37(13,14)30(39)18-16-24-21-27(35(7,8)9)32(41)28(22-24)36(10,11)12/h19-22,40-41H,15-18H2,1-14H3. The van der Waals surface area contributed by atoms with Crippen LogP contribution in [0.2, 0.25) is 0 Å². The zero-order valence-corrected chi connectivity index (χ0v) is 28.3. The molecule has 0 amide bonds. The summed E-state index contributed by atoms with van der Waals surface area (Å²) in [6, 6.07) is 8.04. The van der Waals surface area contributed by atoms with Crippen molar-refractivity contribution < 1.29 is 19.8 Å². The zero-order chi connectivity index (χ0) is 31.9. The van der Waals surface area contributed by atoms with Gasteiger partial charge in [0.05, 0.1) is 5.41 Å². The normalized spacial score (nSPS) is 13.4. The summed E-state index contributed by atoms with van der Waals surface area (Å²) in [5.41, 5.74) is 3.45. The highest BCUT2D eigenvalue weighted by Gasteiger charge is 2.35. The van der Waals surface area contributed by atoms with Gasteiger partial charge in [-0.3, -0.25) is 9.59 Å². The van der Waals surface area contributed by atoms with Crippen LogP contribution in [0, 0.1) is 5.41 Å². The first-order valence-corrected chi connectivity index (χ1v) is 15.1. The number of phenolic OH excluding ortho intramolecular Hbond substituents is 2. The minimum Gasteiger partial charge on any atom is -0.507 e. The number of hydrogen-bond donors (Lipinski definition) is 2. The molecule has 2 aromatic rings. The van der Waals surface area contributed by atoms with Gasteiger partial charge in [-0.25, -0.2) is 0 Å². The first kappa shape index (κ1) is 34.6. The summed E-state index contributed by atoms with van der Waals surface area (Å²) in [6.07, 6.45) is 1.56. The van der Waals surface area contributed by atoms with Crippen molar-refractivity contribution in [1.82, 2.24) is 0 Å². The van der Waals surface area contributed by atoms with Crippen LogP contribution in [0.3, 0.4) is 0 Å². The molecule has 41 heavy (non-hydrogen) atoms. The smallest absolute Gasteiger partial charge is 0.146 e. The molecule has 2 aromatic carbocycles. The number of aryl methyl sites for hydroxylation is 2. The van der Waals surface area contributed by atoms with Crippen molar-refractivity contribution in [3.05, 3.63) is 57.6 Å². The Bertz CT molecular complexity index is 1110. The molecule has 2 N–H and O–H groups in total. The van der Waals surface area contributed by atoms with Gasteiger partial charge in [0, 0.05) is 12.8 Å². The average molecular weight is 565 g/mol. The highest BCUT2D eigenvalue weighted by molar-refractivity contribution is 6.06. The molecular weight excluding hydrogens is 508 g/mol. The Hall–Kier alpha value is -2.62. The summed E-state index contributed by atoms with van der Waals surface area (Å²) in [6.45, 7) is 28.4. The topological polar surface area (TPSA) is 74.6 Å². The second-order valence-electron chi connectivity index (χ2n) is 16.6. The summed E-state index contributed by atoms with van der Waals surface area (Å²) < 4.78 is 0. The van der Waals surface area contributed by atoms with E-state index in [0.717, 1.165) is 33.4 Å². The number of hydrogen-bond acceptors (Lipinski definition) is 4. The quantitative estimate of drug-likeness (QED) is 0.314. The lowest BCUT2D eigenvalue weighted by molar-refractivity contribution is -0.138. The van der Waals surface area contributed by atoms with E-state index in [1.54, 1.807) is 13.8 Å². The molecule has 0 aromatic heterocycles. The lowest BCUT2D eigenvalue weighted by Crippen LogP contribution is -2.34. The third-order valence-electron chi connectivity index (χ3n) is 8.25. The second kappa shape index (κ2) is 11.6. The fourth-order valence-corrected chi connectivity index (χ4v) is 5.26. The van der Waals surface area contributed by atoms with Gasteiger partial charge in [0.2, 0.25) is 0 Å². The Balaban J connectivity index is 2.26.